The number of fused-ring (bicyclic) bond motifs is 1. The molecule has 3 aromatic rings. The van der Waals surface area contributed by atoms with Crippen LogP contribution in [0.2, 0.25) is 0 Å². The van der Waals surface area contributed by atoms with E-state index in [-0.39, 0.29) is 12.0 Å². The molecule has 0 atom stereocenters. The Morgan fingerprint density at radius 2 is 2.00 bits per heavy atom. The van der Waals surface area contributed by atoms with Crippen LogP contribution in [0.4, 0.5) is 4.39 Å². The summed E-state index contributed by atoms with van der Waals surface area (Å²) >= 11 is 0. The topological polar surface area (TPSA) is 65.7 Å². The number of rotatable bonds is 7. The Balaban J connectivity index is 1.42. The lowest BCUT2D eigenvalue weighted by Crippen LogP contribution is -2.27. The average molecular weight is 454 g/mol. The number of carbonyl (C=O) groups excluding carboxylic acids is 1. The van der Waals surface area contributed by atoms with Crippen LogP contribution in [-0.2, 0) is 19.8 Å². The normalized spacial score (nSPS) is 13.9. The summed E-state index contributed by atoms with van der Waals surface area (Å²) in [5.74, 6) is 0.527. The Bertz CT molecular complexity index is 1340. The Morgan fingerprint density at radius 1 is 1.18 bits per heavy atom. The van der Waals surface area contributed by atoms with Gasteiger partial charge in [-0.1, -0.05) is 24.3 Å². The molecule has 170 valence electrons. The molecule has 6 heteroatoms. The van der Waals surface area contributed by atoms with Crippen LogP contribution in [0.25, 0.3) is 11.1 Å². The summed E-state index contributed by atoms with van der Waals surface area (Å²) < 4.78 is 19.5. The van der Waals surface area contributed by atoms with Crippen molar-refractivity contribution in [3.8, 4) is 22.9 Å². The fourth-order valence-electron chi connectivity index (χ4n) is 4.26. The molecule has 0 unspecified atom stereocenters. The number of aliphatic imine (C=N–C) groups is 1. The zero-order valence-electron chi connectivity index (χ0n) is 18.9. The number of halogens is 1. The second-order valence-corrected chi connectivity index (χ2v) is 8.76. The van der Waals surface area contributed by atoms with E-state index in [0.29, 0.717) is 35.5 Å². The highest BCUT2D eigenvalue weighted by molar-refractivity contribution is 5.95. The highest BCUT2D eigenvalue weighted by Gasteiger charge is 2.26. The highest BCUT2D eigenvalue weighted by atomic mass is 19.1. The van der Waals surface area contributed by atoms with Crippen LogP contribution in [0.15, 0.2) is 59.6 Å². The lowest BCUT2D eigenvalue weighted by molar-refractivity contribution is 0.0784. The lowest BCUT2D eigenvalue weighted by Gasteiger charge is -2.21. The van der Waals surface area contributed by atoms with Gasteiger partial charge >= 0.3 is 0 Å². The van der Waals surface area contributed by atoms with E-state index in [0.717, 1.165) is 40.7 Å². The van der Waals surface area contributed by atoms with Gasteiger partial charge in [0.2, 0.25) is 0 Å². The number of nitrogens with zero attached hydrogens (tertiary/aromatic N) is 3. The molecule has 0 N–H and O–H groups in total. The van der Waals surface area contributed by atoms with Crippen molar-refractivity contribution in [3.63, 3.8) is 0 Å². The molecule has 1 heterocycles. The van der Waals surface area contributed by atoms with Crippen molar-refractivity contribution < 1.29 is 13.9 Å². The summed E-state index contributed by atoms with van der Waals surface area (Å²) in [5.41, 5.74) is 6.28. The molecule has 0 spiro atoms. The quantitative estimate of drug-likeness (QED) is 0.478. The number of benzene rings is 3. The number of hydrogen-bond acceptors (Lipinski definition) is 4. The Hall–Kier alpha value is -3.98. The second-order valence-electron chi connectivity index (χ2n) is 8.76. The highest BCUT2D eigenvalue weighted by Crippen LogP contribution is 2.36. The first kappa shape index (κ1) is 21.8. The van der Waals surface area contributed by atoms with Gasteiger partial charge in [-0.3, -0.25) is 9.79 Å². The van der Waals surface area contributed by atoms with Gasteiger partial charge in [0.15, 0.2) is 0 Å². The summed E-state index contributed by atoms with van der Waals surface area (Å²) in [4.78, 5) is 19.3. The van der Waals surface area contributed by atoms with Crippen molar-refractivity contribution in [2.75, 3.05) is 7.05 Å². The molecular weight excluding hydrogens is 429 g/mol. The molecule has 0 saturated heterocycles. The summed E-state index contributed by atoms with van der Waals surface area (Å²) in [5, 5.41) is 9.26. The van der Waals surface area contributed by atoms with Gasteiger partial charge in [0.05, 0.1) is 24.3 Å². The van der Waals surface area contributed by atoms with E-state index < -0.39 is 6.67 Å². The molecule has 1 amide bonds. The Morgan fingerprint density at radius 3 is 2.76 bits per heavy atom. The number of amides is 1. The van der Waals surface area contributed by atoms with Gasteiger partial charge in [0.1, 0.15) is 12.4 Å². The van der Waals surface area contributed by atoms with Gasteiger partial charge in [-0.05, 0) is 65.4 Å². The molecule has 1 fully saturated rings. The second kappa shape index (κ2) is 9.11. The summed E-state index contributed by atoms with van der Waals surface area (Å²) in [7, 11) is 1.76. The van der Waals surface area contributed by atoms with Crippen LogP contribution in [0.5, 0.6) is 5.75 Å². The third kappa shape index (κ3) is 4.29. The van der Waals surface area contributed by atoms with Crippen molar-refractivity contribution >= 4 is 12.1 Å². The van der Waals surface area contributed by atoms with Gasteiger partial charge in [-0.15, -0.1) is 0 Å². The maximum atomic E-state index is 13.3. The zero-order chi connectivity index (χ0) is 23.7. The first-order valence-corrected chi connectivity index (χ1v) is 11.3. The molecule has 0 aromatic heterocycles. The summed E-state index contributed by atoms with van der Waals surface area (Å²) in [6.07, 6.45) is 3.88. The average Bonchev–Trinajstić information content (AvgIpc) is 3.54. The SMILES string of the molecule is CN(Cc1ccc(CF)c2c1CN=C2)C(=O)c1ccc(-c2cccc(C#N)c2)c(OC2CC2)c1. The van der Waals surface area contributed by atoms with Crippen molar-refractivity contribution in [1.82, 2.24) is 4.90 Å². The maximum Gasteiger partial charge on any atom is 0.254 e. The first-order valence-electron chi connectivity index (χ1n) is 11.3. The van der Waals surface area contributed by atoms with Crippen molar-refractivity contribution in [2.45, 2.75) is 38.7 Å². The molecule has 0 radical (unpaired) electrons. The minimum atomic E-state index is -0.531. The van der Waals surface area contributed by atoms with Crippen LogP contribution in [0.3, 0.4) is 0 Å². The van der Waals surface area contributed by atoms with Gasteiger partial charge in [0, 0.05) is 36.5 Å². The monoisotopic (exact) mass is 453 g/mol. The molecule has 1 aliphatic heterocycles. The fourth-order valence-corrected chi connectivity index (χ4v) is 4.26. The molecule has 5 rings (SSSR count). The predicted molar refractivity (Wildman–Crippen MR) is 129 cm³/mol. The van der Waals surface area contributed by atoms with Crippen molar-refractivity contribution in [2.24, 2.45) is 4.99 Å². The van der Waals surface area contributed by atoms with Crippen LogP contribution in [0, 0.1) is 11.3 Å². The lowest BCUT2D eigenvalue weighted by atomic mass is 9.97. The molecule has 2 aliphatic rings. The van der Waals surface area contributed by atoms with Crippen LogP contribution >= 0.6 is 0 Å². The first-order chi connectivity index (χ1) is 16.6. The van der Waals surface area contributed by atoms with Crippen LogP contribution in [0.1, 0.15) is 51.0 Å². The zero-order valence-corrected chi connectivity index (χ0v) is 18.9. The third-order valence-electron chi connectivity index (χ3n) is 6.26. The number of nitriles is 1. The molecular formula is C28H24FN3O2. The number of hydrogen-bond donors (Lipinski definition) is 0. The summed E-state index contributed by atoms with van der Waals surface area (Å²) in [6.45, 7) is 0.384. The Labute approximate surface area is 198 Å². The van der Waals surface area contributed by atoms with Gasteiger partial charge in [-0.2, -0.15) is 5.26 Å². The molecule has 34 heavy (non-hydrogen) atoms. The molecule has 5 nitrogen and oxygen atoms in total. The molecule has 1 saturated carbocycles. The van der Waals surface area contributed by atoms with E-state index in [2.05, 4.69) is 11.1 Å². The van der Waals surface area contributed by atoms with E-state index in [1.807, 2.05) is 30.3 Å². The minimum Gasteiger partial charge on any atom is -0.490 e. The number of ether oxygens (including phenoxy) is 1. The van der Waals surface area contributed by atoms with Crippen LogP contribution < -0.4 is 4.74 Å². The Kier molecular flexibility index (Phi) is 5.85. The third-order valence-corrected chi connectivity index (χ3v) is 6.26. The largest absolute Gasteiger partial charge is 0.490 e. The minimum absolute atomic E-state index is 0.125. The number of alkyl halides is 1. The van der Waals surface area contributed by atoms with Gasteiger partial charge in [-0.25, -0.2) is 4.39 Å². The summed E-state index contributed by atoms with van der Waals surface area (Å²) in [6, 6.07) is 18.7. The smallest absolute Gasteiger partial charge is 0.254 e. The number of carbonyl (C=O) groups is 1. The van der Waals surface area contributed by atoms with E-state index in [9.17, 15) is 14.4 Å². The molecule has 3 aromatic carbocycles. The van der Waals surface area contributed by atoms with Crippen molar-refractivity contribution in [1.29, 1.82) is 5.26 Å². The van der Waals surface area contributed by atoms with E-state index >= 15 is 0 Å². The molecule has 1 aliphatic carbocycles. The predicted octanol–water partition coefficient (Wildman–Crippen LogP) is 5.44. The molecule has 0 bridgehead atoms. The standard InChI is InChI=1S/C28H24FN3O2/c1-32(17-22-6-5-21(13-29)25-15-31-16-26(22)25)28(33)20-7-10-24(27(12-20)34-23-8-9-23)19-4-2-3-18(11-19)14-30/h2-7,10-12,15,23H,8-9,13,16-17H2,1H3. The van der Waals surface area contributed by atoms with Crippen molar-refractivity contribution in [3.05, 3.63) is 88.0 Å². The van der Waals surface area contributed by atoms with Gasteiger partial charge < -0.3 is 9.64 Å². The fraction of sp³-hybridized carbons (Fsp3) is 0.250. The van der Waals surface area contributed by atoms with Crippen LogP contribution in [-0.4, -0.2) is 30.2 Å². The van der Waals surface area contributed by atoms with E-state index in [4.69, 9.17) is 4.74 Å². The van der Waals surface area contributed by atoms with Gasteiger partial charge in [0.25, 0.3) is 5.91 Å². The van der Waals surface area contributed by atoms with E-state index in [1.54, 1.807) is 42.4 Å². The maximum absolute atomic E-state index is 13.3. The van der Waals surface area contributed by atoms with E-state index in [1.165, 1.54) is 0 Å².